The number of alkyl halides is 2. The maximum Gasteiger partial charge on any atom is 0.243 e. The molecule has 4 nitrogen and oxygen atoms in total. The zero-order valence-corrected chi connectivity index (χ0v) is 11.3. The highest BCUT2D eigenvalue weighted by Gasteiger charge is 2.34. The third-order valence-electron chi connectivity index (χ3n) is 3.38. The predicted octanol–water partition coefficient (Wildman–Crippen LogP) is 1.51. The van der Waals surface area contributed by atoms with Gasteiger partial charge in [-0.05, 0) is 6.07 Å². The van der Waals surface area contributed by atoms with Gasteiger partial charge < -0.3 is 10.1 Å². The van der Waals surface area contributed by atoms with E-state index in [1.165, 1.54) is 0 Å². The van der Waals surface area contributed by atoms with Crippen molar-refractivity contribution >= 4 is 5.91 Å². The number of halogens is 2. The van der Waals surface area contributed by atoms with Crippen molar-refractivity contribution in [3.8, 4) is 5.75 Å². The molecule has 1 aliphatic heterocycles. The van der Waals surface area contributed by atoms with Crippen LogP contribution in [-0.2, 0) is 11.3 Å². The Labute approximate surface area is 116 Å². The Morgan fingerprint density at radius 3 is 2.80 bits per heavy atom. The number of amides is 1. The summed E-state index contributed by atoms with van der Waals surface area (Å²) in [6.07, 6.45) is -2.29. The third kappa shape index (κ3) is 3.66. The topological polar surface area (TPSA) is 41.6 Å². The minimum absolute atomic E-state index is 0.163. The normalized spacial score (nSPS) is 16.0. The molecule has 1 heterocycles. The molecule has 0 aliphatic carbocycles. The molecule has 1 aromatic rings. The van der Waals surface area contributed by atoms with Gasteiger partial charge in [-0.25, -0.2) is 8.78 Å². The van der Waals surface area contributed by atoms with E-state index in [1.807, 2.05) is 24.3 Å². The van der Waals surface area contributed by atoms with Crippen LogP contribution in [0.4, 0.5) is 8.78 Å². The van der Waals surface area contributed by atoms with Crippen LogP contribution in [0.2, 0.25) is 0 Å². The van der Waals surface area contributed by atoms with Gasteiger partial charge in [0.25, 0.3) is 0 Å². The summed E-state index contributed by atoms with van der Waals surface area (Å²) in [6.45, 7) is 1.12. The van der Waals surface area contributed by atoms with Crippen LogP contribution in [0.15, 0.2) is 24.3 Å². The Morgan fingerprint density at radius 2 is 2.15 bits per heavy atom. The Kier molecular flexibility index (Phi) is 4.89. The Morgan fingerprint density at radius 1 is 1.45 bits per heavy atom. The van der Waals surface area contributed by atoms with E-state index in [-0.39, 0.29) is 12.5 Å². The van der Waals surface area contributed by atoms with Gasteiger partial charge in [0, 0.05) is 31.1 Å². The lowest BCUT2D eigenvalue weighted by Crippen LogP contribution is -2.53. The summed E-state index contributed by atoms with van der Waals surface area (Å²) in [5.41, 5.74) is 0.886. The number of nitrogens with zero attached hydrogens (tertiary/aromatic N) is 1. The van der Waals surface area contributed by atoms with E-state index in [9.17, 15) is 13.6 Å². The number of hydrogen-bond acceptors (Lipinski definition) is 3. The van der Waals surface area contributed by atoms with Crippen LogP contribution in [0.3, 0.4) is 0 Å². The van der Waals surface area contributed by atoms with Gasteiger partial charge in [0.1, 0.15) is 5.75 Å². The molecule has 0 unspecified atom stereocenters. The van der Waals surface area contributed by atoms with Crippen LogP contribution in [-0.4, -0.2) is 44.0 Å². The summed E-state index contributed by atoms with van der Waals surface area (Å²) in [7, 11) is 1.57. The number of ether oxygens (including phenoxy) is 1. The monoisotopic (exact) mass is 284 g/mol. The van der Waals surface area contributed by atoms with E-state index in [0.717, 1.165) is 11.3 Å². The SMILES string of the molecule is COc1ccccc1CNC(=O)CN1CC(C(F)F)C1. The molecule has 0 radical (unpaired) electrons. The highest BCUT2D eigenvalue weighted by molar-refractivity contribution is 5.78. The Hall–Kier alpha value is -1.69. The van der Waals surface area contributed by atoms with Crippen LogP contribution >= 0.6 is 0 Å². The average Bonchev–Trinajstić information content (AvgIpc) is 2.39. The first kappa shape index (κ1) is 14.7. The second-order valence-corrected chi connectivity index (χ2v) is 4.88. The number of methoxy groups -OCH3 is 1. The first-order valence-corrected chi connectivity index (χ1v) is 6.49. The van der Waals surface area contributed by atoms with Crippen molar-refractivity contribution in [3.63, 3.8) is 0 Å². The van der Waals surface area contributed by atoms with Crippen LogP contribution in [0, 0.1) is 5.92 Å². The molecule has 1 aliphatic rings. The van der Waals surface area contributed by atoms with Crippen LogP contribution < -0.4 is 10.1 Å². The Balaban J connectivity index is 1.73. The zero-order valence-electron chi connectivity index (χ0n) is 11.3. The molecule has 1 aromatic carbocycles. The zero-order chi connectivity index (χ0) is 14.5. The van der Waals surface area contributed by atoms with Crippen molar-refractivity contribution in [2.24, 2.45) is 5.92 Å². The maximum absolute atomic E-state index is 12.3. The second-order valence-electron chi connectivity index (χ2n) is 4.88. The van der Waals surface area contributed by atoms with Gasteiger partial charge in [-0.2, -0.15) is 0 Å². The lowest BCUT2D eigenvalue weighted by Gasteiger charge is -2.38. The fraction of sp³-hybridized carbons (Fsp3) is 0.500. The number of carbonyl (C=O) groups excluding carboxylic acids is 1. The predicted molar refractivity (Wildman–Crippen MR) is 70.8 cm³/mol. The summed E-state index contributed by atoms with van der Waals surface area (Å²) >= 11 is 0. The van der Waals surface area contributed by atoms with Crippen molar-refractivity contribution < 1.29 is 18.3 Å². The standard InChI is InChI=1S/C14H18F2N2O2/c1-20-12-5-3-2-4-10(12)6-17-13(19)9-18-7-11(8-18)14(15)16/h2-5,11,14H,6-9H2,1H3,(H,17,19). The summed E-state index contributed by atoms with van der Waals surface area (Å²) < 4.78 is 29.8. The summed E-state index contributed by atoms with van der Waals surface area (Å²) in [6, 6.07) is 7.42. The van der Waals surface area contributed by atoms with Gasteiger partial charge >= 0.3 is 0 Å². The molecular weight excluding hydrogens is 266 g/mol. The second kappa shape index (κ2) is 6.65. The summed E-state index contributed by atoms with van der Waals surface area (Å²) in [5, 5.41) is 2.77. The minimum Gasteiger partial charge on any atom is -0.496 e. The summed E-state index contributed by atoms with van der Waals surface area (Å²) in [4.78, 5) is 13.4. The molecule has 6 heteroatoms. The van der Waals surface area contributed by atoms with E-state index in [0.29, 0.717) is 19.6 Å². The molecule has 1 N–H and O–H groups in total. The molecule has 20 heavy (non-hydrogen) atoms. The molecule has 0 saturated carbocycles. The molecule has 0 spiro atoms. The van der Waals surface area contributed by atoms with Gasteiger partial charge in [-0.15, -0.1) is 0 Å². The van der Waals surface area contributed by atoms with Gasteiger partial charge in [-0.1, -0.05) is 18.2 Å². The van der Waals surface area contributed by atoms with E-state index < -0.39 is 12.3 Å². The van der Waals surface area contributed by atoms with Gasteiger partial charge in [0.2, 0.25) is 12.3 Å². The van der Waals surface area contributed by atoms with Crippen LogP contribution in [0.1, 0.15) is 5.56 Å². The van der Waals surface area contributed by atoms with Crippen molar-refractivity contribution in [2.75, 3.05) is 26.7 Å². The van der Waals surface area contributed by atoms with Gasteiger partial charge in [0.05, 0.1) is 13.7 Å². The van der Waals surface area contributed by atoms with Crippen LogP contribution in [0.25, 0.3) is 0 Å². The molecule has 2 rings (SSSR count). The first-order valence-electron chi connectivity index (χ1n) is 6.49. The molecular formula is C14H18F2N2O2. The number of benzene rings is 1. The fourth-order valence-electron chi connectivity index (χ4n) is 2.20. The van der Waals surface area contributed by atoms with Crippen molar-refractivity contribution in [1.29, 1.82) is 0 Å². The number of para-hydroxylation sites is 1. The number of rotatable bonds is 6. The highest BCUT2D eigenvalue weighted by Crippen LogP contribution is 2.21. The molecule has 110 valence electrons. The van der Waals surface area contributed by atoms with Gasteiger partial charge in [0.15, 0.2) is 0 Å². The molecule has 0 bridgehead atoms. The number of likely N-dealkylation sites (tertiary alicyclic amines) is 1. The number of nitrogens with one attached hydrogen (secondary N) is 1. The van der Waals surface area contributed by atoms with E-state index in [4.69, 9.17) is 4.74 Å². The Bertz CT molecular complexity index is 462. The van der Waals surface area contributed by atoms with E-state index in [2.05, 4.69) is 5.32 Å². The van der Waals surface area contributed by atoms with E-state index in [1.54, 1.807) is 12.0 Å². The molecule has 1 fully saturated rings. The molecule has 0 atom stereocenters. The highest BCUT2D eigenvalue weighted by atomic mass is 19.3. The molecule has 0 aromatic heterocycles. The lowest BCUT2D eigenvalue weighted by atomic mass is 10.0. The number of carbonyl (C=O) groups is 1. The largest absolute Gasteiger partial charge is 0.496 e. The maximum atomic E-state index is 12.3. The van der Waals surface area contributed by atoms with Crippen molar-refractivity contribution in [2.45, 2.75) is 13.0 Å². The smallest absolute Gasteiger partial charge is 0.243 e. The van der Waals surface area contributed by atoms with Gasteiger partial charge in [-0.3, -0.25) is 9.69 Å². The van der Waals surface area contributed by atoms with Crippen molar-refractivity contribution in [1.82, 2.24) is 10.2 Å². The third-order valence-corrected chi connectivity index (χ3v) is 3.38. The average molecular weight is 284 g/mol. The molecule has 1 saturated heterocycles. The quantitative estimate of drug-likeness (QED) is 0.861. The minimum atomic E-state index is -2.29. The summed E-state index contributed by atoms with van der Waals surface area (Å²) in [5.74, 6) is -0.0323. The first-order chi connectivity index (χ1) is 9.60. The molecule has 1 amide bonds. The van der Waals surface area contributed by atoms with Crippen LogP contribution in [0.5, 0.6) is 5.75 Å². The number of hydrogen-bond donors (Lipinski definition) is 1. The van der Waals surface area contributed by atoms with Crippen molar-refractivity contribution in [3.05, 3.63) is 29.8 Å². The fourth-order valence-corrected chi connectivity index (χ4v) is 2.20. The van der Waals surface area contributed by atoms with E-state index >= 15 is 0 Å². The lowest BCUT2D eigenvalue weighted by molar-refractivity contribution is -0.125.